The zero-order valence-corrected chi connectivity index (χ0v) is 6.90. The van der Waals surface area contributed by atoms with Crippen molar-refractivity contribution in [2.75, 3.05) is 6.54 Å². The molecule has 0 saturated heterocycles. The van der Waals surface area contributed by atoms with E-state index >= 15 is 0 Å². The average Bonchev–Trinajstić information content (AvgIpc) is 2.15. The Morgan fingerprint density at radius 3 is 2.67 bits per heavy atom. The van der Waals surface area contributed by atoms with Crippen LogP contribution in [0.1, 0.15) is 11.7 Å². The number of hydrogen-bond acceptors (Lipinski definition) is 2. The van der Waals surface area contributed by atoms with Crippen molar-refractivity contribution in [2.45, 2.75) is 6.10 Å². The maximum absolute atomic E-state index is 9.54. The van der Waals surface area contributed by atoms with Crippen molar-refractivity contribution < 1.29 is 5.11 Å². The first-order valence-corrected chi connectivity index (χ1v) is 3.92. The first kappa shape index (κ1) is 8.81. The van der Waals surface area contributed by atoms with E-state index in [4.69, 9.17) is 0 Å². The maximum atomic E-state index is 9.54. The summed E-state index contributed by atoms with van der Waals surface area (Å²) in [4.78, 5) is 0. The number of nitrogens with one attached hydrogen (secondary N) is 1. The van der Waals surface area contributed by atoms with Crippen LogP contribution in [-0.4, -0.2) is 11.7 Å². The minimum absolute atomic E-state index is 0.454. The summed E-state index contributed by atoms with van der Waals surface area (Å²) >= 11 is 0. The van der Waals surface area contributed by atoms with Crippen LogP contribution in [0.25, 0.3) is 0 Å². The van der Waals surface area contributed by atoms with Crippen molar-refractivity contribution >= 4 is 0 Å². The normalized spacial score (nSPS) is 12.1. The van der Waals surface area contributed by atoms with Gasteiger partial charge in [-0.1, -0.05) is 36.9 Å². The van der Waals surface area contributed by atoms with Crippen molar-refractivity contribution in [3.05, 3.63) is 48.7 Å². The van der Waals surface area contributed by atoms with Crippen LogP contribution < -0.4 is 5.32 Å². The van der Waals surface area contributed by atoms with Gasteiger partial charge >= 0.3 is 0 Å². The molecule has 0 aliphatic rings. The fourth-order valence-corrected chi connectivity index (χ4v) is 0.988. The summed E-state index contributed by atoms with van der Waals surface area (Å²) in [6.07, 6.45) is 1.12. The lowest BCUT2D eigenvalue weighted by atomic mass is 10.1. The minimum atomic E-state index is -0.454. The second kappa shape index (κ2) is 4.57. The van der Waals surface area contributed by atoms with Crippen LogP contribution in [0, 0.1) is 0 Å². The van der Waals surface area contributed by atoms with Crippen LogP contribution in [0.5, 0.6) is 0 Å². The van der Waals surface area contributed by atoms with Gasteiger partial charge in [0.25, 0.3) is 0 Å². The van der Waals surface area contributed by atoms with Crippen molar-refractivity contribution in [2.24, 2.45) is 0 Å². The van der Waals surface area contributed by atoms with Gasteiger partial charge in [0.05, 0.1) is 6.10 Å². The van der Waals surface area contributed by atoms with Gasteiger partial charge in [-0.3, -0.25) is 0 Å². The van der Waals surface area contributed by atoms with E-state index in [9.17, 15) is 5.11 Å². The lowest BCUT2D eigenvalue weighted by Crippen LogP contribution is -2.15. The van der Waals surface area contributed by atoms with Gasteiger partial charge in [-0.05, 0) is 11.8 Å². The molecule has 1 atom stereocenters. The van der Waals surface area contributed by atoms with Gasteiger partial charge in [-0.15, -0.1) is 0 Å². The summed E-state index contributed by atoms with van der Waals surface area (Å²) in [5.41, 5.74) is 0.923. The van der Waals surface area contributed by atoms with Crippen LogP contribution in [-0.2, 0) is 0 Å². The van der Waals surface area contributed by atoms with Gasteiger partial charge in [-0.2, -0.15) is 0 Å². The zero-order chi connectivity index (χ0) is 8.81. The second-order valence-corrected chi connectivity index (χ2v) is 2.54. The predicted molar refractivity (Wildman–Crippen MR) is 49.6 cm³/mol. The highest BCUT2D eigenvalue weighted by Crippen LogP contribution is 2.09. The quantitative estimate of drug-likeness (QED) is 0.704. The summed E-state index contributed by atoms with van der Waals surface area (Å²) < 4.78 is 0. The third kappa shape index (κ3) is 2.40. The van der Waals surface area contributed by atoms with Crippen LogP contribution in [0.2, 0.25) is 0 Å². The largest absolute Gasteiger partial charge is 0.388 e. The Balaban J connectivity index is 2.53. The monoisotopic (exact) mass is 163 g/mol. The number of aliphatic hydroxyl groups excluding tert-OH is 1. The number of rotatable bonds is 4. The molecular weight excluding hydrogens is 150 g/mol. The van der Waals surface area contributed by atoms with Gasteiger partial charge in [0.1, 0.15) is 0 Å². The second-order valence-electron chi connectivity index (χ2n) is 2.54. The van der Waals surface area contributed by atoms with Crippen LogP contribution >= 0.6 is 0 Å². The van der Waals surface area contributed by atoms with Crippen molar-refractivity contribution in [3.63, 3.8) is 0 Å². The van der Waals surface area contributed by atoms with Gasteiger partial charge in [0, 0.05) is 6.54 Å². The third-order valence-electron chi connectivity index (χ3n) is 1.64. The molecule has 1 aromatic rings. The smallest absolute Gasteiger partial charge is 0.0962 e. The molecule has 0 fully saturated rings. The molecule has 0 amide bonds. The van der Waals surface area contributed by atoms with Gasteiger partial charge < -0.3 is 10.4 Å². The van der Waals surface area contributed by atoms with Crippen molar-refractivity contribution in [1.82, 2.24) is 5.32 Å². The van der Waals surface area contributed by atoms with Gasteiger partial charge in [-0.25, -0.2) is 0 Å². The predicted octanol–water partition coefficient (Wildman–Crippen LogP) is 1.45. The van der Waals surface area contributed by atoms with Crippen molar-refractivity contribution in [1.29, 1.82) is 0 Å². The molecule has 64 valence electrons. The molecule has 2 heteroatoms. The molecular formula is C10H13NO. The molecule has 0 saturated carbocycles. The van der Waals surface area contributed by atoms with E-state index in [1.807, 2.05) is 30.3 Å². The average molecular weight is 163 g/mol. The standard InChI is InChI=1S/C10H13NO/c1-2-11-8-10(12)9-6-4-3-5-7-9/h2-7,10-12H,1,8H2/t10-/m1/s1. The molecule has 2 nitrogen and oxygen atoms in total. The third-order valence-corrected chi connectivity index (χ3v) is 1.64. The lowest BCUT2D eigenvalue weighted by Gasteiger charge is -2.09. The van der Waals surface area contributed by atoms with Gasteiger partial charge in [0.15, 0.2) is 0 Å². The molecule has 1 aromatic carbocycles. The highest BCUT2D eigenvalue weighted by atomic mass is 16.3. The highest BCUT2D eigenvalue weighted by molar-refractivity contribution is 5.17. The molecule has 2 N–H and O–H groups in total. The fraction of sp³-hybridized carbons (Fsp3) is 0.200. The Morgan fingerprint density at radius 2 is 2.08 bits per heavy atom. The Morgan fingerprint density at radius 1 is 1.42 bits per heavy atom. The van der Waals surface area contributed by atoms with E-state index in [0.717, 1.165) is 5.56 Å². The maximum Gasteiger partial charge on any atom is 0.0962 e. The molecule has 0 aliphatic carbocycles. The summed E-state index contributed by atoms with van der Waals surface area (Å²) in [5.74, 6) is 0. The van der Waals surface area contributed by atoms with Crippen LogP contribution in [0.4, 0.5) is 0 Å². The minimum Gasteiger partial charge on any atom is -0.388 e. The van der Waals surface area contributed by atoms with Gasteiger partial charge in [0.2, 0.25) is 0 Å². The molecule has 0 aromatic heterocycles. The van der Waals surface area contributed by atoms with E-state index in [1.54, 1.807) is 6.20 Å². The number of hydrogen-bond donors (Lipinski definition) is 2. The number of aliphatic hydroxyl groups is 1. The lowest BCUT2D eigenvalue weighted by molar-refractivity contribution is 0.179. The zero-order valence-electron chi connectivity index (χ0n) is 6.90. The van der Waals surface area contributed by atoms with Crippen LogP contribution in [0.15, 0.2) is 43.1 Å². The molecule has 0 bridgehead atoms. The fourth-order valence-electron chi connectivity index (χ4n) is 0.988. The molecule has 0 heterocycles. The summed E-state index contributed by atoms with van der Waals surface area (Å²) in [7, 11) is 0. The van der Waals surface area contributed by atoms with E-state index in [0.29, 0.717) is 6.54 Å². The Hall–Kier alpha value is -1.28. The highest BCUT2D eigenvalue weighted by Gasteiger charge is 2.03. The van der Waals surface area contributed by atoms with Crippen molar-refractivity contribution in [3.8, 4) is 0 Å². The molecule has 12 heavy (non-hydrogen) atoms. The molecule has 0 radical (unpaired) electrons. The van der Waals surface area contributed by atoms with E-state index in [-0.39, 0.29) is 0 Å². The van der Waals surface area contributed by atoms with E-state index in [2.05, 4.69) is 11.9 Å². The van der Waals surface area contributed by atoms with E-state index in [1.165, 1.54) is 0 Å². The Labute approximate surface area is 72.5 Å². The SMILES string of the molecule is C=CNC[C@@H](O)c1ccccc1. The molecule has 0 unspecified atom stereocenters. The molecule has 0 aliphatic heterocycles. The first-order chi connectivity index (χ1) is 5.84. The topological polar surface area (TPSA) is 32.3 Å². The van der Waals surface area contributed by atoms with E-state index < -0.39 is 6.10 Å². The Bertz CT molecular complexity index is 233. The first-order valence-electron chi connectivity index (χ1n) is 3.92. The molecule has 1 rings (SSSR count). The summed E-state index contributed by atoms with van der Waals surface area (Å²) in [5, 5.41) is 12.4. The Kier molecular flexibility index (Phi) is 3.35. The molecule has 0 spiro atoms. The summed E-state index contributed by atoms with van der Waals surface area (Å²) in [6.45, 7) is 4.01. The number of benzene rings is 1. The van der Waals surface area contributed by atoms with Crippen LogP contribution in [0.3, 0.4) is 0 Å². The summed E-state index contributed by atoms with van der Waals surface area (Å²) in [6, 6.07) is 9.54.